The first-order valence-corrected chi connectivity index (χ1v) is 12.0. The lowest BCUT2D eigenvalue weighted by Crippen LogP contribution is -2.43. The summed E-state index contributed by atoms with van der Waals surface area (Å²) < 4.78 is 6.91. The summed E-state index contributed by atoms with van der Waals surface area (Å²) in [6.07, 6.45) is 0. The van der Waals surface area contributed by atoms with Crippen LogP contribution in [-0.4, -0.2) is 38.0 Å². The molecule has 0 aliphatic carbocycles. The fourth-order valence-corrected chi connectivity index (χ4v) is 4.32. The van der Waals surface area contributed by atoms with Gasteiger partial charge in [0.05, 0.1) is 10.6 Å². The van der Waals surface area contributed by atoms with Crippen molar-refractivity contribution in [2.75, 3.05) is 22.9 Å². The van der Waals surface area contributed by atoms with E-state index in [2.05, 4.69) is 15.2 Å². The van der Waals surface area contributed by atoms with E-state index >= 15 is 0 Å². The van der Waals surface area contributed by atoms with Crippen LogP contribution < -0.4 is 21.9 Å². The van der Waals surface area contributed by atoms with E-state index in [0.29, 0.717) is 12.4 Å². The lowest BCUT2D eigenvalue weighted by Gasteiger charge is -2.26. The average Bonchev–Trinajstić information content (AvgIpc) is 3.39. The second kappa shape index (κ2) is 10.2. The summed E-state index contributed by atoms with van der Waals surface area (Å²) in [5.74, 6) is 0.142. The highest BCUT2D eigenvalue weighted by Gasteiger charge is 2.26. The third-order valence-electron chi connectivity index (χ3n) is 4.34. The van der Waals surface area contributed by atoms with Crippen LogP contribution in [0.4, 0.5) is 11.5 Å². The van der Waals surface area contributed by atoms with E-state index in [9.17, 15) is 14.4 Å². The molecule has 0 aromatic carbocycles. The van der Waals surface area contributed by atoms with Gasteiger partial charge in [-0.15, -0.1) is 21.5 Å². The highest BCUT2D eigenvalue weighted by Crippen LogP contribution is 2.27. The van der Waals surface area contributed by atoms with Crippen molar-refractivity contribution in [1.29, 1.82) is 0 Å². The Balaban J connectivity index is 1.86. The molecular formula is C20H26N6O4S2. The Morgan fingerprint density at radius 2 is 2.03 bits per heavy atom. The van der Waals surface area contributed by atoms with Crippen molar-refractivity contribution in [1.82, 2.24) is 19.7 Å². The highest BCUT2D eigenvalue weighted by atomic mass is 32.2. The van der Waals surface area contributed by atoms with Crippen molar-refractivity contribution in [2.24, 2.45) is 11.8 Å². The molecule has 0 radical (unpaired) electrons. The van der Waals surface area contributed by atoms with Gasteiger partial charge in [0.15, 0.2) is 5.69 Å². The molecule has 172 valence electrons. The Labute approximate surface area is 192 Å². The highest BCUT2D eigenvalue weighted by molar-refractivity contribution is 7.99. The Hall–Kier alpha value is -2.86. The number of rotatable bonds is 9. The molecule has 3 aromatic rings. The molecule has 0 atom stereocenters. The van der Waals surface area contributed by atoms with Crippen molar-refractivity contribution in [3.63, 3.8) is 0 Å². The maximum absolute atomic E-state index is 13.1. The maximum atomic E-state index is 13.1. The molecule has 0 aliphatic rings. The molecule has 3 rings (SSSR count). The summed E-state index contributed by atoms with van der Waals surface area (Å²) in [5.41, 5.74) is 4.91. The molecule has 10 nitrogen and oxygen atoms in total. The van der Waals surface area contributed by atoms with Crippen molar-refractivity contribution in [3.05, 3.63) is 38.4 Å². The van der Waals surface area contributed by atoms with Crippen LogP contribution in [0.1, 0.15) is 27.7 Å². The van der Waals surface area contributed by atoms with E-state index in [-0.39, 0.29) is 46.8 Å². The number of hydrogen-bond donors (Lipinski definition) is 2. The number of thioether (sulfide) groups is 1. The zero-order valence-electron chi connectivity index (χ0n) is 18.3. The fourth-order valence-electron chi connectivity index (χ4n) is 3.04. The number of anilines is 2. The van der Waals surface area contributed by atoms with Crippen molar-refractivity contribution >= 4 is 40.5 Å². The molecule has 0 fully saturated rings. The van der Waals surface area contributed by atoms with E-state index in [1.54, 1.807) is 0 Å². The Kier molecular flexibility index (Phi) is 7.56. The molecule has 0 aliphatic heterocycles. The number of aromatic amines is 1. The Morgan fingerprint density at radius 3 is 2.66 bits per heavy atom. The molecule has 0 unspecified atom stereocenters. The molecule has 3 heterocycles. The Bertz CT molecular complexity index is 1180. The molecule has 12 heteroatoms. The third kappa shape index (κ3) is 5.49. The van der Waals surface area contributed by atoms with Gasteiger partial charge in [-0.1, -0.05) is 45.5 Å². The largest absolute Gasteiger partial charge is 0.410 e. The van der Waals surface area contributed by atoms with Gasteiger partial charge in [0.25, 0.3) is 16.7 Å². The van der Waals surface area contributed by atoms with Crippen molar-refractivity contribution < 1.29 is 9.21 Å². The standard InChI is InChI=1S/C20H26N6O4S2/c1-11(2)8-25(15-16(21)26(9-12(3)4)19(29)22-17(15)28)14(27)10-32-20-24-23-18(30-20)13-6-5-7-31-13/h5-7,11-12H,8-10,21H2,1-4H3,(H,22,28,29). The number of carbonyl (C=O) groups excluding carboxylic acids is 1. The quantitative estimate of drug-likeness (QED) is 0.447. The molecule has 3 aromatic heterocycles. The maximum Gasteiger partial charge on any atom is 0.330 e. The Morgan fingerprint density at radius 1 is 1.28 bits per heavy atom. The zero-order valence-corrected chi connectivity index (χ0v) is 20.0. The number of hydrogen-bond acceptors (Lipinski definition) is 9. The second-order valence-electron chi connectivity index (χ2n) is 8.03. The van der Waals surface area contributed by atoms with Crippen LogP contribution in [0.3, 0.4) is 0 Å². The topological polar surface area (TPSA) is 140 Å². The monoisotopic (exact) mass is 478 g/mol. The number of carbonyl (C=O) groups is 1. The number of H-pyrrole nitrogens is 1. The van der Waals surface area contributed by atoms with Gasteiger partial charge in [-0.3, -0.25) is 19.1 Å². The predicted molar refractivity (Wildman–Crippen MR) is 126 cm³/mol. The van der Waals surface area contributed by atoms with E-state index in [0.717, 1.165) is 16.6 Å². The number of amides is 1. The van der Waals surface area contributed by atoms with Gasteiger partial charge >= 0.3 is 5.69 Å². The molecular weight excluding hydrogens is 452 g/mol. The molecule has 0 saturated carbocycles. The number of nitrogens with two attached hydrogens (primary N) is 1. The predicted octanol–water partition coefficient (Wildman–Crippen LogP) is 2.67. The zero-order chi connectivity index (χ0) is 23.4. The second-order valence-corrected chi connectivity index (χ2v) is 9.91. The number of nitrogens with one attached hydrogen (secondary N) is 1. The lowest BCUT2D eigenvalue weighted by molar-refractivity contribution is -0.116. The van der Waals surface area contributed by atoms with Gasteiger partial charge in [-0.2, -0.15) is 0 Å². The molecule has 0 bridgehead atoms. The van der Waals surface area contributed by atoms with Gasteiger partial charge in [0.1, 0.15) is 5.82 Å². The van der Waals surface area contributed by atoms with E-state index in [4.69, 9.17) is 10.2 Å². The summed E-state index contributed by atoms with van der Waals surface area (Å²) in [6, 6.07) is 3.74. The van der Waals surface area contributed by atoms with Gasteiger partial charge in [-0.25, -0.2) is 4.79 Å². The summed E-state index contributed by atoms with van der Waals surface area (Å²) in [4.78, 5) is 42.5. The smallest absolute Gasteiger partial charge is 0.330 e. The summed E-state index contributed by atoms with van der Waals surface area (Å²) in [7, 11) is 0. The summed E-state index contributed by atoms with van der Waals surface area (Å²) in [6.45, 7) is 8.29. The minimum absolute atomic E-state index is 0.0191. The number of aromatic nitrogens is 4. The van der Waals surface area contributed by atoms with E-state index in [1.165, 1.54) is 20.8 Å². The number of nitrogens with zero attached hydrogens (tertiary/aromatic N) is 4. The first-order valence-electron chi connectivity index (χ1n) is 10.1. The molecule has 1 amide bonds. The van der Waals surface area contributed by atoms with Gasteiger partial charge in [-0.05, 0) is 23.3 Å². The van der Waals surface area contributed by atoms with Crippen LogP contribution in [-0.2, 0) is 11.3 Å². The SMILES string of the molecule is CC(C)CN(C(=O)CSc1nnc(-c2cccs2)o1)c1c(N)n(CC(C)C)c(=O)[nH]c1=O. The van der Waals surface area contributed by atoms with Crippen LogP contribution >= 0.6 is 23.1 Å². The van der Waals surface area contributed by atoms with Gasteiger partial charge in [0.2, 0.25) is 5.91 Å². The number of nitrogen functional groups attached to an aromatic ring is 1. The summed E-state index contributed by atoms with van der Waals surface area (Å²) >= 11 is 2.55. The first-order chi connectivity index (χ1) is 15.2. The van der Waals surface area contributed by atoms with Crippen molar-refractivity contribution in [2.45, 2.75) is 39.5 Å². The van der Waals surface area contributed by atoms with Crippen LogP contribution in [0, 0.1) is 11.8 Å². The van der Waals surface area contributed by atoms with Gasteiger partial charge < -0.3 is 15.1 Å². The molecule has 0 saturated heterocycles. The van der Waals surface area contributed by atoms with E-state index in [1.807, 2.05) is 45.2 Å². The molecule has 32 heavy (non-hydrogen) atoms. The normalized spacial score (nSPS) is 11.4. The van der Waals surface area contributed by atoms with Crippen LogP contribution in [0.15, 0.2) is 36.7 Å². The van der Waals surface area contributed by atoms with Crippen LogP contribution in [0.25, 0.3) is 10.8 Å². The summed E-state index contributed by atoms with van der Waals surface area (Å²) in [5, 5.41) is 10.1. The van der Waals surface area contributed by atoms with Crippen LogP contribution in [0.2, 0.25) is 0 Å². The number of thiophene rings is 1. The minimum Gasteiger partial charge on any atom is -0.410 e. The minimum atomic E-state index is -0.690. The van der Waals surface area contributed by atoms with Crippen molar-refractivity contribution in [3.8, 4) is 10.8 Å². The van der Waals surface area contributed by atoms with E-state index < -0.39 is 11.2 Å². The fraction of sp³-hybridized carbons (Fsp3) is 0.450. The third-order valence-corrected chi connectivity index (χ3v) is 6.00. The first kappa shape index (κ1) is 23.8. The van der Waals surface area contributed by atoms with Crippen LogP contribution in [0.5, 0.6) is 0 Å². The van der Waals surface area contributed by atoms with Gasteiger partial charge in [0, 0.05) is 13.1 Å². The average molecular weight is 479 g/mol. The molecule has 3 N–H and O–H groups in total. The molecule has 0 spiro atoms. The lowest BCUT2D eigenvalue weighted by atomic mass is 10.2.